The summed E-state index contributed by atoms with van der Waals surface area (Å²) in [5, 5.41) is 0. The third-order valence-electron chi connectivity index (χ3n) is 1.78. The molecule has 1 rings (SSSR count). The van der Waals surface area contributed by atoms with Gasteiger partial charge in [-0.15, -0.1) is 6.58 Å². The summed E-state index contributed by atoms with van der Waals surface area (Å²) in [6, 6.07) is 6.14. The lowest BCUT2D eigenvalue weighted by molar-refractivity contribution is -0.577. The first-order chi connectivity index (χ1) is 5.88. The lowest BCUT2D eigenvalue weighted by Gasteiger charge is -1.95. The molecule has 12 heavy (non-hydrogen) atoms. The van der Waals surface area contributed by atoms with Crippen LogP contribution < -0.4 is 4.57 Å². The van der Waals surface area contributed by atoms with Crippen LogP contribution >= 0.6 is 0 Å². The predicted molar refractivity (Wildman–Crippen MR) is 51.5 cm³/mol. The topological polar surface area (TPSA) is 3.88 Å². The molecule has 0 aromatic carbocycles. The van der Waals surface area contributed by atoms with Gasteiger partial charge in [-0.2, -0.15) is 4.57 Å². The van der Waals surface area contributed by atoms with Crippen molar-refractivity contribution in [2.75, 3.05) is 0 Å². The Hall–Kier alpha value is -1.37. The van der Waals surface area contributed by atoms with Crippen molar-refractivity contribution >= 4 is 6.20 Å². The molecule has 0 N–H and O–H groups in total. The standard InChI is InChI=1S/C11H14N/c1-3-5-8-11-9-6-7-10-12(11)4-2/h3-4,6-7,9-10H,1-2,5,8H2/q+1. The van der Waals surface area contributed by atoms with Crippen molar-refractivity contribution in [3.05, 3.63) is 49.3 Å². The molecular formula is C11H14N+. The second kappa shape index (κ2) is 4.50. The molecule has 0 spiro atoms. The lowest BCUT2D eigenvalue weighted by atomic mass is 10.2. The van der Waals surface area contributed by atoms with E-state index in [1.165, 1.54) is 5.69 Å². The number of nitrogens with zero attached hydrogens (tertiary/aromatic N) is 1. The monoisotopic (exact) mass is 160 g/mol. The van der Waals surface area contributed by atoms with E-state index in [4.69, 9.17) is 0 Å². The van der Waals surface area contributed by atoms with Gasteiger partial charge in [-0.3, -0.25) is 0 Å². The summed E-state index contributed by atoms with van der Waals surface area (Å²) in [4.78, 5) is 0. The lowest BCUT2D eigenvalue weighted by Crippen LogP contribution is -2.30. The van der Waals surface area contributed by atoms with Gasteiger partial charge in [0.1, 0.15) is 0 Å². The summed E-state index contributed by atoms with van der Waals surface area (Å²) in [5.74, 6) is 0. The predicted octanol–water partition coefficient (Wildman–Crippen LogP) is 2.19. The minimum Gasteiger partial charge on any atom is -0.172 e. The fourth-order valence-corrected chi connectivity index (χ4v) is 1.13. The normalized spacial score (nSPS) is 9.33. The Labute approximate surface area is 73.7 Å². The Morgan fingerprint density at radius 3 is 2.83 bits per heavy atom. The van der Waals surface area contributed by atoms with Crippen molar-refractivity contribution in [3.8, 4) is 0 Å². The molecule has 0 saturated heterocycles. The molecule has 1 heteroatoms. The molecule has 1 heterocycles. The van der Waals surface area contributed by atoms with Gasteiger partial charge in [0.05, 0.1) is 0 Å². The van der Waals surface area contributed by atoms with Crippen LogP contribution in [0.2, 0.25) is 0 Å². The molecule has 0 radical (unpaired) electrons. The molecule has 1 aromatic rings. The summed E-state index contributed by atoms with van der Waals surface area (Å²) < 4.78 is 2.03. The molecule has 0 bridgehead atoms. The molecule has 62 valence electrons. The smallest absolute Gasteiger partial charge is 0.172 e. The van der Waals surface area contributed by atoms with Crippen LogP contribution in [0.4, 0.5) is 0 Å². The maximum atomic E-state index is 3.74. The average Bonchev–Trinajstić information content (AvgIpc) is 2.15. The summed E-state index contributed by atoms with van der Waals surface area (Å²) in [6.07, 6.45) is 7.79. The molecule has 0 aliphatic heterocycles. The number of hydrogen-bond acceptors (Lipinski definition) is 0. The zero-order valence-electron chi connectivity index (χ0n) is 7.24. The third-order valence-corrected chi connectivity index (χ3v) is 1.78. The largest absolute Gasteiger partial charge is 0.187 e. The average molecular weight is 160 g/mol. The minimum absolute atomic E-state index is 1.01. The number of aryl methyl sites for hydroxylation is 1. The van der Waals surface area contributed by atoms with Crippen LogP contribution in [0.15, 0.2) is 43.6 Å². The highest BCUT2D eigenvalue weighted by Crippen LogP contribution is 1.96. The first-order valence-electron chi connectivity index (χ1n) is 4.11. The molecular weight excluding hydrogens is 146 g/mol. The van der Waals surface area contributed by atoms with Crippen LogP contribution in [0, 0.1) is 0 Å². The van der Waals surface area contributed by atoms with Gasteiger partial charge in [0.2, 0.25) is 0 Å². The van der Waals surface area contributed by atoms with Crippen LogP contribution in [-0.4, -0.2) is 0 Å². The molecule has 0 fully saturated rings. The van der Waals surface area contributed by atoms with Gasteiger partial charge < -0.3 is 0 Å². The Bertz CT molecular complexity index is 276. The van der Waals surface area contributed by atoms with E-state index >= 15 is 0 Å². The van der Waals surface area contributed by atoms with E-state index in [2.05, 4.69) is 19.2 Å². The van der Waals surface area contributed by atoms with Crippen molar-refractivity contribution in [2.24, 2.45) is 0 Å². The van der Waals surface area contributed by atoms with Crippen molar-refractivity contribution in [3.63, 3.8) is 0 Å². The van der Waals surface area contributed by atoms with Gasteiger partial charge in [-0.25, -0.2) is 0 Å². The second-order valence-corrected chi connectivity index (χ2v) is 2.61. The van der Waals surface area contributed by atoms with Gasteiger partial charge in [0.25, 0.3) is 0 Å². The molecule has 0 atom stereocenters. The fourth-order valence-electron chi connectivity index (χ4n) is 1.13. The Kier molecular flexibility index (Phi) is 3.27. The summed E-state index contributed by atoms with van der Waals surface area (Å²) in [5.41, 5.74) is 1.27. The van der Waals surface area contributed by atoms with Crippen molar-refractivity contribution < 1.29 is 4.57 Å². The SMILES string of the molecule is C=CCCc1cccc[n+]1C=C. The van der Waals surface area contributed by atoms with E-state index in [1.54, 1.807) is 0 Å². The molecule has 1 aromatic heterocycles. The molecule has 0 saturated carbocycles. The van der Waals surface area contributed by atoms with Gasteiger partial charge in [-0.1, -0.05) is 12.1 Å². The Morgan fingerprint density at radius 1 is 1.33 bits per heavy atom. The van der Waals surface area contributed by atoms with Crippen LogP contribution in [0.3, 0.4) is 0 Å². The number of aromatic nitrogens is 1. The van der Waals surface area contributed by atoms with Crippen molar-refractivity contribution in [1.29, 1.82) is 0 Å². The van der Waals surface area contributed by atoms with E-state index in [0.717, 1.165) is 12.8 Å². The van der Waals surface area contributed by atoms with Crippen LogP contribution in [0.5, 0.6) is 0 Å². The van der Waals surface area contributed by atoms with E-state index in [0.29, 0.717) is 0 Å². The highest BCUT2D eigenvalue weighted by molar-refractivity contribution is 5.05. The summed E-state index contributed by atoms with van der Waals surface area (Å²) in [6.45, 7) is 7.43. The van der Waals surface area contributed by atoms with E-state index in [9.17, 15) is 0 Å². The zero-order chi connectivity index (χ0) is 8.81. The number of rotatable bonds is 4. The van der Waals surface area contributed by atoms with Gasteiger partial charge in [0, 0.05) is 18.6 Å². The van der Waals surface area contributed by atoms with Crippen molar-refractivity contribution in [2.45, 2.75) is 12.8 Å². The van der Waals surface area contributed by atoms with Gasteiger partial charge in [0.15, 0.2) is 18.1 Å². The Balaban J connectivity index is 2.81. The van der Waals surface area contributed by atoms with Gasteiger partial charge >= 0.3 is 0 Å². The summed E-state index contributed by atoms with van der Waals surface area (Å²) >= 11 is 0. The summed E-state index contributed by atoms with van der Waals surface area (Å²) in [7, 11) is 0. The highest BCUT2D eigenvalue weighted by Gasteiger charge is 2.03. The second-order valence-electron chi connectivity index (χ2n) is 2.61. The molecule has 0 unspecified atom stereocenters. The number of pyridine rings is 1. The van der Waals surface area contributed by atoms with Crippen LogP contribution in [0.25, 0.3) is 6.20 Å². The van der Waals surface area contributed by atoms with Crippen LogP contribution in [-0.2, 0) is 6.42 Å². The van der Waals surface area contributed by atoms with Crippen molar-refractivity contribution in [1.82, 2.24) is 0 Å². The molecule has 0 amide bonds. The fraction of sp³-hybridized carbons (Fsp3) is 0.182. The quantitative estimate of drug-likeness (QED) is 0.469. The molecule has 1 nitrogen and oxygen atoms in total. The highest BCUT2D eigenvalue weighted by atomic mass is 14.9. The van der Waals surface area contributed by atoms with E-state index in [-0.39, 0.29) is 0 Å². The third kappa shape index (κ3) is 2.06. The maximum Gasteiger partial charge on any atom is 0.187 e. The Morgan fingerprint density at radius 2 is 2.17 bits per heavy atom. The number of allylic oxidation sites excluding steroid dienone is 1. The molecule has 0 aliphatic rings. The van der Waals surface area contributed by atoms with Gasteiger partial charge in [-0.05, 0) is 13.0 Å². The first kappa shape index (κ1) is 8.72. The molecule has 0 aliphatic carbocycles. The van der Waals surface area contributed by atoms with E-state index in [1.807, 2.05) is 35.2 Å². The van der Waals surface area contributed by atoms with Crippen LogP contribution in [0.1, 0.15) is 12.1 Å². The zero-order valence-corrected chi connectivity index (χ0v) is 7.24. The minimum atomic E-state index is 1.01. The van der Waals surface area contributed by atoms with E-state index < -0.39 is 0 Å². The maximum absolute atomic E-state index is 3.74. The first-order valence-corrected chi connectivity index (χ1v) is 4.11. The number of hydrogen-bond donors (Lipinski definition) is 0.